The Morgan fingerprint density at radius 3 is 2.80 bits per heavy atom. The topological polar surface area (TPSA) is 81.0 Å². The Balaban J connectivity index is 2.25. The Morgan fingerprint density at radius 1 is 1.40 bits per heavy atom. The van der Waals surface area contributed by atoms with Crippen molar-refractivity contribution < 1.29 is 4.92 Å². The maximum Gasteiger partial charge on any atom is 0.271 e. The van der Waals surface area contributed by atoms with E-state index in [9.17, 15) is 10.1 Å². The Labute approximate surface area is 125 Å². The summed E-state index contributed by atoms with van der Waals surface area (Å²) in [5.74, 6) is 0. The van der Waals surface area contributed by atoms with Crippen molar-refractivity contribution in [1.82, 2.24) is 15.5 Å². The van der Waals surface area contributed by atoms with Gasteiger partial charge in [0.2, 0.25) is 0 Å². The highest BCUT2D eigenvalue weighted by Gasteiger charge is 2.13. The third-order valence-electron chi connectivity index (χ3n) is 2.47. The van der Waals surface area contributed by atoms with Crippen LogP contribution in [0.5, 0.6) is 0 Å². The number of hydrogen-bond acceptors (Lipinski definition) is 6. The van der Waals surface area contributed by atoms with Crippen LogP contribution in [0.4, 0.5) is 5.69 Å². The van der Waals surface area contributed by atoms with Crippen LogP contribution in [0, 0.1) is 10.1 Å². The molecule has 0 aliphatic carbocycles. The Morgan fingerprint density at radius 2 is 2.15 bits per heavy atom. The van der Waals surface area contributed by atoms with Crippen LogP contribution >= 0.6 is 22.9 Å². The lowest BCUT2D eigenvalue weighted by Gasteiger charge is -2.03. The SMILES string of the molecule is CC(C)NCc1nnc(-c2cc(Cl)cc([N+](=O)[O-])c2)s1. The Bertz CT molecular complexity index is 630. The number of hydrogen-bond donors (Lipinski definition) is 1. The zero-order valence-corrected chi connectivity index (χ0v) is 12.5. The summed E-state index contributed by atoms with van der Waals surface area (Å²) >= 11 is 7.28. The standard InChI is InChI=1S/C12H13ClN4O2S/c1-7(2)14-6-11-15-16-12(20-11)8-3-9(13)5-10(4-8)17(18)19/h3-5,7,14H,6H2,1-2H3. The Kier molecular flexibility index (Phi) is 4.64. The molecule has 2 aromatic rings. The minimum Gasteiger partial charge on any atom is -0.308 e. The van der Waals surface area contributed by atoms with Gasteiger partial charge in [0.05, 0.1) is 4.92 Å². The molecule has 2 rings (SSSR count). The van der Waals surface area contributed by atoms with Gasteiger partial charge in [-0.1, -0.05) is 36.8 Å². The molecule has 0 saturated heterocycles. The maximum atomic E-state index is 10.8. The normalized spacial score (nSPS) is 11.0. The molecule has 1 aromatic carbocycles. The highest BCUT2D eigenvalue weighted by Crippen LogP contribution is 2.30. The van der Waals surface area contributed by atoms with Crippen molar-refractivity contribution in [3.63, 3.8) is 0 Å². The van der Waals surface area contributed by atoms with Crippen molar-refractivity contribution in [2.45, 2.75) is 26.4 Å². The molecule has 0 amide bonds. The fraction of sp³-hybridized carbons (Fsp3) is 0.333. The minimum absolute atomic E-state index is 0.0513. The third kappa shape index (κ3) is 3.72. The summed E-state index contributed by atoms with van der Waals surface area (Å²) in [6.45, 7) is 4.71. The fourth-order valence-electron chi connectivity index (χ4n) is 1.54. The molecule has 106 valence electrons. The molecule has 0 bridgehead atoms. The van der Waals surface area contributed by atoms with E-state index < -0.39 is 4.92 Å². The van der Waals surface area contributed by atoms with Crippen molar-refractivity contribution in [3.8, 4) is 10.6 Å². The van der Waals surface area contributed by atoms with Gasteiger partial charge >= 0.3 is 0 Å². The van der Waals surface area contributed by atoms with Crippen LogP contribution in [0.3, 0.4) is 0 Å². The van der Waals surface area contributed by atoms with Crippen LogP contribution in [0.2, 0.25) is 5.02 Å². The lowest BCUT2D eigenvalue weighted by Crippen LogP contribution is -2.21. The predicted octanol–water partition coefficient (Wildman–Crippen LogP) is 3.26. The molecular weight excluding hydrogens is 300 g/mol. The molecule has 0 atom stereocenters. The van der Waals surface area contributed by atoms with Crippen LogP contribution in [0.25, 0.3) is 10.6 Å². The summed E-state index contributed by atoms with van der Waals surface area (Å²) in [6, 6.07) is 4.77. The third-order valence-corrected chi connectivity index (χ3v) is 3.66. The van der Waals surface area contributed by atoms with Crippen molar-refractivity contribution in [2.24, 2.45) is 0 Å². The number of benzene rings is 1. The average molecular weight is 313 g/mol. The molecule has 0 aliphatic heterocycles. The molecule has 20 heavy (non-hydrogen) atoms. The van der Waals surface area contributed by atoms with Crippen molar-refractivity contribution in [3.05, 3.63) is 38.3 Å². The van der Waals surface area contributed by atoms with E-state index in [1.165, 1.54) is 23.5 Å². The zero-order chi connectivity index (χ0) is 14.7. The number of nitrogens with one attached hydrogen (secondary N) is 1. The number of non-ortho nitro benzene ring substituents is 1. The lowest BCUT2D eigenvalue weighted by molar-refractivity contribution is -0.384. The quantitative estimate of drug-likeness (QED) is 0.677. The lowest BCUT2D eigenvalue weighted by atomic mass is 10.2. The van der Waals surface area contributed by atoms with Gasteiger partial charge in [0, 0.05) is 35.3 Å². The van der Waals surface area contributed by atoms with Gasteiger partial charge in [-0.15, -0.1) is 10.2 Å². The van der Waals surface area contributed by atoms with Gasteiger partial charge in [0.15, 0.2) is 0 Å². The molecule has 0 aliphatic rings. The zero-order valence-electron chi connectivity index (χ0n) is 11.0. The van der Waals surface area contributed by atoms with E-state index >= 15 is 0 Å². The highest BCUT2D eigenvalue weighted by atomic mass is 35.5. The van der Waals surface area contributed by atoms with Crippen molar-refractivity contribution >= 4 is 28.6 Å². The van der Waals surface area contributed by atoms with Crippen LogP contribution < -0.4 is 5.32 Å². The second-order valence-corrected chi connectivity index (χ2v) is 5.99. The predicted molar refractivity (Wildman–Crippen MR) is 79.0 cm³/mol. The van der Waals surface area contributed by atoms with Gasteiger partial charge in [-0.2, -0.15) is 0 Å². The first-order valence-corrected chi connectivity index (χ1v) is 7.16. The van der Waals surface area contributed by atoms with E-state index in [-0.39, 0.29) is 5.69 Å². The van der Waals surface area contributed by atoms with E-state index in [1.54, 1.807) is 6.07 Å². The second-order valence-electron chi connectivity index (χ2n) is 4.49. The summed E-state index contributed by atoms with van der Waals surface area (Å²) in [6.07, 6.45) is 0. The summed E-state index contributed by atoms with van der Waals surface area (Å²) in [4.78, 5) is 10.3. The molecule has 0 unspecified atom stereocenters. The monoisotopic (exact) mass is 312 g/mol. The van der Waals surface area contributed by atoms with E-state index in [1.807, 2.05) is 13.8 Å². The largest absolute Gasteiger partial charge is 0.308 e. The molecule has 6 nitrogen and oxygen atoms in total. The van der Waals surface area contributed by atoms with Crippen molar-refractivity contribution in [1.29, 1.82) is 0 Å². The van der Waals surface area contributed by atoms with Gasteiger partial charge in [-0.25, -0.2) is 0 Å². The molecule has 8 heteroatoms. The number of nitro groups is 1. The number of rotatable bonds is 5. The molecule has 0 saturated carbocycles. The number of halogens is 1. The van der Waals surface area contributed by atoms with E-state index in [0.717, 1.165) is 5.01 Å². The van der Waals surface area contributed by atoms with E-state index in [0.29, 0.717) is 28.2 Å². The van der Waals surface area contributed by atoms with Gasteiger partial charge in [0.1, 0.15) is 10.0 Å². The molecule has 1 aromatic heterocycles. The Hall–Kier alpha value is -1.57. The van der Waals surface area contributed by atoms with Crippen LogP contribution in [-0.4, -0.2) is 21.2 Å². The fourth-order valence-corrected chi connectivity index (χ4v) is 2.54. The molecule has 0 spiro atoms. The molecular formula is C12H13ClN4O2S. The summed E-state index contributed by atoms with van der Waals surface area (Å²) < 4.78 is 0. The van der Waals surface area contributed by atoms with Gasteiger partial charge in [-0.3, -0.25) is 10.1 Å². The van der Waals surface area contributed by atoms with Crippen LogP contribution in [0.1, 0.15) is 18.9 Å². The number of nitrogens with zero attached hydrogens (tertiary/aromatic N) is 3. The van der Waals surface area contributed by atoms with Crippen LogP contribution in [-0.2, 0) is 6.54 Å². The second kappa shape index (κ2) is 6.25. The molecule has 1 heterocycles. The molecule has 0 radical (unpaired) electrons. The first-order chi connectivity index (χ1) is 9.45. The highest BCUT2D eigenvalue weighted by molar-refractivity contribution is 7.14. The average Bonchev–Trinajstić information content (AvgIpc) is 2.84. The summed E-state index contributed by atoms with van der Waals surface area (Å²) in [5.41, 5.74) is 0.557. The first kappa shape index (κ1) is 14.8. The van der Waals surface area contributed by atoms with Gasteiger partial charge in [0.25, 0.3) is 5.69 Å². The number of aromatic nitrogens is 2. The van der Waals surface area contributed by atoms with Crippen LogP contribution in [0.15, 0.2) is 18.2 Å². The molecule has 1 N–H and O–H groups in total. The van der Waals surface area contributed by atoms with Gasteiger partial charge in [-0.05, 0) is 6.07 Å². The maximum absolute atomic E-state index is 10.8. The van der Waals surface area contributed by atoms with E-state index in [4.69, 9.17) is 11.6 Å². The van der Waals surface area contributed by atoms with Gasteiger partial charge < -0.3 is 5.32 Å². The first-order valence-electron chi connectivity index (χ1n) is 5.97. The van der Waals surface area contributed by atoms with E-state index in [2.05, 4.69) is 15.5 Å². The molecule has 0 fully saturated rings. The number of nitro benzene ring substituents is 1. The van der Waals surface area contributed by atoms with Crippen molar-refractivity contribution in [2.75, 3.05) is 0 Å². The summed E-state index contributed by atoms with van der Waals surface area (Å²) in [5, 5.41) is 23.9. The smallest absolute Gasteiger partial charge is 0.271 e. The minimum atomic E-state index is -0.475. The summed E-state index contributed by atoms with van der Waals surface area (Å²) in [7, 11) is 0.